The lowest BCUT2D eigenvalue weighted by molar-refractivity contribution is -0.111. The van der Waals surface area contributed by atoms with Crippen molar-refractivity contribution in [2.75, 3.05) is 5.32 Å². The lowest BCUT2D eigenvalue weighted by Crippen LogP contribution is -2.36. The molecule has 0 spiro atoms. The van der Waals surface area contributed by atoms with Gasteiger partial charge in [0, 0.05) is 17.8 Å². The second-order valence-electron chi connectivity index (χ2n) is 7.05. The Morgan fingerprint density at radius 2 is 1.66 bits per heavy atom. The number of hydrogen-bond acceptors (Lipinski definition) is 5. The normalized spacial score (nSPS) is 15.4. The van der Waals surface area contributed by atoms with Gasteiger partial charge in [0.25, 0.3) is 0 Å². The Morgan fingerprint density at radius 3 is 2.31 bits per heavy atom. The van der Waals surface area contributed by atoms with Crippen LogP contribution in [0, 0.1) is 0 Å². The number of benzene rings is 2. The first kappa shape index (κ1) is 20.9. The number of phenols is 2. The molecule has 29 heavy (non-hydrogen) atoms. The highest BCUT2D eigenvalue weighted by Crippen LogP contribution is 2.25. The van der Waals surface area contributed by atoms with E-state index in [-0.39, 0.29) is 22.4 Å². The third-order valence-electron chi connectivity index (χ3n) is 4.79. The van der Waals surface area contributed by atoms with Crippen LogP contribution in [0.5, 0.6) is 11.5 Å². The maximum atomic E-state index is 12.5. The number of carbonyl (C=O) groups is 1. The summed E-state index contributed by atoms with van der Waals surface area (Å²) < 4.78 is 27.7. The molecule has 0 aromatic heterocycles. The molecule has 154 valence electrons. The van der Waals surface area contributed by atoms with Crippen LogP contribution >= 0.6 is 0 Å². The molecule has 1 aliphatic rings. The van der Waals surface area contributed by atoms with Gasteiger partial charge in [0.2, 0.25) is 15.9 Å². The molecule has 1 amide bonds. The molecule has 0 atom stereocenters. The van der Waals surface area contributed by atoms with Crippen LogP contribution in [0.15, 0.2) is 53.4 Å². The monoisotopic (exact) mass is 416 g/mol. The molecular weight excluding hydrogens is 392 g/mol. The van der Waals surface area contributed by atoms with Gasteiger partial charge in [-0.2, -0.15) is 0 Å². The molecule has 2 aromatic rings. The minimum Gasteiger partial charge on any atom is -0.504 e. The topological polar surface area (TPSA) is 116 Å². The molecule has 0 bridgehead atoms. The Labute approximate surface area is 170 Å². The van der Waals surface area contributed by atoms with Crippen molar-refractivity contribution in [3.05, 3.63) is 54.1 Å². The summed E-state index contributed by atoms with van der Waals surface area (Å²) in [7, 11) is -3.58. The lowest BCUT2D eigenvalue weighted by atomic mass is 9.96. The molecule has 0 saturated heterocycles. The van der Waals surface area contributed by atoms with E-state index < -0.39 is 15.9 Å². The Hall–Kier alpha value is -2.84. The molecule has 1 fully saturated rings. The van der Waals surface area contributed by atoms with Crippen LogP contribution in [0.4, 0.5) is 5.69 Å². The smallest absolute Gasteiger partial charge is 0.248 e. The van der Waals surface area contributed by atoms with Crippen molar-refractivity contribution in [3.8, 4) is 11.5 Å². The second-order valence-corrected chi connectivity index (χ2v) is 8.77. The molecule has 1 saturated carbocycles. The van der Waals surface area contributed by atoms with Gasteiger partial charge in [-0.25, -0.2) is 13.1 Å². The van der Waals surface area contributed by atoms with Gasteiger partial charge in [-0.05, 0) is 60.9 Å². The van der Waals surface area contributed by atoms with Crippen LogP contribution in [0.3, 0.4) is 0 Å². The standard InChI is InChI=1S/C21H24N2O5S/c24-19-12-6-15(14-20(19)25)7-13-21(26)22-16-8-10-18(11-9-16)29(27,28)23-17-4-2-1-3-5-17/h6-14,17,23-25H,1-5H2,(H,22,26)/b13-7+. The van der Waals surface area contributed by atoms with E-state index in [1.165, 1.54) is 48.6 Å². The van der Waals surface area contributed by atoms with Crippen molar-refractivity contribution in [1.82, 2.24) is 4.72 Å². The van der Waals surface area contributed by atoms with Crippen molar-refractivity contribution in [3.63, 3.8) is 0 Å². The van der Waals surface area contributed by atoms with Crippen molar-refractivity contribution in [2.45, 2.75) is 43.0 Å². The van der Waals surface area contributed by atoms with Crippen LogP contribution < -0.4 is 10.0 Å². The Kier molecular flexibility index (Phi) is 6.56. The van der Waals surface area contributed by atoms with Gasteiger partial charge >= 0.3 is 0 Å². The van der Waals surface area contributed by atoms with Crippen molar-refractivity contribution >= 4 is 27.7 Å². The molecule has 3 rings (SSSR count). The minimum atomic E-state index is -3.58. The zero-order valence-electron chi connectivity index (χ0n) is 15.8. The SMILES string of the molecule is O=C(/C=C/c1ccc(O)c(O)c1)Nc1ccc(S(=O)(=O)NC2CCCCC2)cc1. The molecule has 2 aromatic carbocycles. The maximum absolute atomic E-state index is 12.5. The molecule has 8 heteroatoms. The molecule has 0 unspecified atom stereocenters. The van der Waals surface area contributed by atoms with Gasteiger partial charge in [-0.15, -0.1) is 0 Å². The highest BCUT2D eigenvalue weighted by Gasteiger charge is 2.21. The lowest BCUT2D eigenvalue weighted by Gasteiger charge is -2.22. The van der Waals surface area contributed by atoms with Gasteiger partial charge in [0.15, 0.2) is 11.5 Å². The fraction of sp³-hybridized carbons (Fsp3) is 0.286. The van der Waals surface area contributed by atoms with Gasteiger partial charge in [0.05, 0.1) is 4.90 Å². The van der Waals surface area contributed by atoms with Gasteiger partial charge in [0.1, 0.15) is 0 Å². The van der Waals surface area contributed by atoms with Gasteiger partial charge < -0.3 is 15.5 Å². The summed E-state index contributed by atoms with van der Waals surface area (Å²) in [6, 6.07) is 10.2. The average molecular weight is 416 g/mol. The van der Waals surface area contributed by atoms with Crippen LogP contribution in [-0.4, -0.2) is 30.6 Å². The number of sulfonamides is 1. The van der Waals surface area contributed by atoms with Crippen molar-refractivity contribution < 1.29 is 23.4 Å². The van der Waals surface area contributed by atoms with Crippen LogP contribution in [0.2, 0.25) is 0 Å². The summed E-state index contributed by atoms with van der Waals surface area (Å²) in [4.78, 5) is 12.2. The van der Waals surface area contributed by atoms with E-state index in [0.717, 1.165) is 32.1 Å². The number of phenolic OH excluding ortho intramolecular Hbond substituents is 2. The van der Waals surface area contributed by atoms with E-state index >= 15 is 0 Å². The first-order valence-corrected chi connectivity index (χ1v) is 11.0. The third-order valence-corrected chi connectivity index (χ3v) is 6.32. The summed E-state index contributed by atoms with van der Waals surface area (Å²) in [5, 5.41) is 21.4. The Balaban J connectivity index is 1.59. The number of amides is 1. The molecule has 0 aliphatic heterocycles. The third kappa shape index (κ3) is 5.82. The number of rotatable bonds is 6. The Morgan fingerprint density at radius 1 is 0.966 bits per heavy atom. The fourth-order valence-electron chi connectivity index (χ4n) is 3.23. The van der Waals surface area contributed by atoms with Crippen LogP contribution in [-0.2, 0) is 14.8 Å². The number of hydrogen-bond donors (Lipinski definition) is 4. The summed E-state index contributed by atoms with van der Waals surface area (Å²) in [6.45, 7) is 0. The minimum absolute atomic E-state index is 0.0161. The van der Waals surface area contributed by atoms with Gasteiger partial charge in [-0.3, -0.25) is 4.79 Å². The Bertz CT molecular complexity index is 994. The van der Waals surface area contributed by atoms with Crippen LogP contribution in [0.25, 0.3) is 6.08 Å². The highest BCUT2D eigenvalue weighted by atomic mass is 32.2. The highest BCUT2D eigenvalue weighted by molar-refractivity contribution is 7.89. The average Bonchev–Trinajstić information content (AvgIpc) is 2.70. The van der Waals surface area contributed by atoms with E-state index in [1.807, 2.05) is 0 Å². The predicted molar refractivity (Wildman–Crippen MR) is 111 cm³/mol. The first-order valence-electron chi connectivity index (χ1n) is 9.47. The molecule has 7 nitrogen and oxygen atoms in total. The maximum Gasteiger partial charge on any atom is 0.248 e. The second kappa shape index (κ2) is 9.11. The molecule has 0 heterocycles. The summed E-state index contributed by atoms with van der Waals surface area (Å²) in [5.74, 6) is -0.917. The van der Waals surface area contributed by atoms with Crippen molar-refractivity contribution in [1.29, 1.82) is 0 Å². The van der Waals surface area contributed by atoms with Crippen LogP contribution in [0.1, 0.15) is 37.7 Å². The summed E-state index contributed by atoms with van der Waals surface area (Å²) >= 11 is 0. The first-order chi connectivity index (χ1) is 13.8. The predicted octanol–water partition coefficient (Wildman–Crippen LogP) is 3.36. The molecule has 1 aliphatic carbocycles. The number of carbonyl (C=O) groups excluding carboxylic acids is 1. The van der Waals surface area contributed by atoms with E-state index in [2.05, 4.69) is 10.0 Å². The summed E-state index contributed by atoms with van der Waals surface area (Å²) in [5.41, 5.74) is 1.01. The largest absolute Gasteiger partial charge is 0.504 e. The van der Waals surface area contributed by atoms with Crippen molar-refractivity contribution in [2.24, 2.45) is 0 Å². The summed E-state index contributed by atoms with van der Waals surface area (Å²) in [6.07, 6.45) is 7.71. The zero-order chi connectivity index (χ0) is 20.9. The van der Waals surface area contributed by atoms with E-state index in [1.54, 1.807) is 6.07 Å². The fourth-order valence-corrected chi connectivity index (χ4v) is 4.53. The molecular formula is C21H24N2O5S. The number of nitrogens with one attached hydrogen (secondary N) is 2. The van der Waals surface area contributed by atoms with Gasteiger partial charge in [-0.1, -0.05) is 25.3 Å². The van der Waals surface area contributed by atoms with E-state index in [0.29, 0.717) is 11.3 Å². The molecule has 4 N–H and O–H groups in total. The quantitative estimate of drug-likeness (QED) is 0.426. The van der Waals surface area contributed by atoms with E-state index in [9.17, 15) is 23.4 Å². The zero-order valence-corrected chi connectivity index (χ0v) is 16.7. The van der Waals surface area contributed by atoms with E-state index in [4.69, 9.17) is 0 Å². The molecule has 0 radical (unpaired) electrons. The number of aromatic hydroxyl groups is 2. The number of anilines is 1.